The summed E-state index contributed by atoms with van der Waals surface area (Å²) in [6.07, 6.45) is 3.15. The van der Waals surface area contributed by atoms with Crippen molar-refractivity contribution < 1.29 is 9.85 Å². The van der Waals surface area contributed by atoms with Crippen molar-refractivity contribution in [2.45, 2.75) is 6.92 Å². The van der Waals surface area contributed by atoms with Gasteiger partial charge in [-0.25, -0.2) is 15.4 Å². The van der Waals surface area contributed by atoms with E-state index in [9.17, 15) is 20.2 Å². The molecule has 0 bridgehead atoms. The van der Waals surface area contributed by atoms with Gasteiger partial charge in [0.2, 0.25) is 5.95 Å². The number of nitro groups is 2. The molecule has 0 atom stereocenters. The van der Waals surface area contributed by atoms with Gasteiger partial charge in [0.05, 0.1) is 15.6 Å². The van der Waals surface area contributed by atoms with E-state index in [4.69, 9.17) is 0 Å². The average Bonchev–Trinajstić information content (AvgIpc) is 2.72. The highest BCUT2D eigenvalue weighted by Gasteiger charge is 2.07. The number of nitro benzene ring substituents is 2. The molecule has 2 aromatic carbocycles. The summed E-state index contributed by atoms with van der Waals surface area (Å²) in [7, 11) is 0. The van der Waals surface area contributed by atoms with E-state index in [1.54, 1.807) is 43.6 Å². The lowest BCUT2D eigenvalue weighted by atomic mass is 10.1. The van der Waals surface area contributed by atoms with Crippen LogP contribution in [0.5, 0.6) is 0 Å². The van der Waals surface area contributed by atoms with Gasteiger partial charge in [-0.3, -0.25) is 20.2 Å². The quantitative estimate of drug-likeness (QED) is 0.391. The Bertz CT molecular complexity index is 1030. The maximum absolute atomic E-state index is 10.7. The Morgan fingerprint density at radius 1 is 0.857 bits per heavy atom. The topological polar surface area (TPSA) is 136 Å². The molecule has 10 heteroatoms. The third-order valence-corrected chi connectivity index (χ3v) is 3.88. The number of benzene rings is 2. The molecule has 0 saturated heterocycles. The van der Waals surface area contributed by atoms with Crippen LogP contribution in [0, 0.1) is 20.2 Å². The van der Waals surface area contributed by atoms with Gasteiger partial charge in [0.25, 0.3) is 11.4 Å². The molecule has 0 amide bonds. The fourth-order valence-electron chi connectivity index (χ4n) is 2.33. The molecular formula is C18H14N6O4. The van der Waals surface area contributed by atoms with E-state index in [1.807, 2.05) is 0 Å². The fraction of sp³-hybridized carbons (Fsp3) is 0.0556. The molecule has 3 aromatic rings. The zero-order valence-corrected chi connectivity index (χ0v) is 14.6. The highest BCUT2D eigenvalue weighted by molar-refractivity contribution is 5.99. The molecule has 0 fully saturated rings. The van der Waals surface area contributed by atoms with Crippen molar-refractivity contribution in [3.63, 3.8) is 0 Å². The Hall–Kier alpha value is -4.21. The first kappa shape index (κ1) is 18.6. The van der Waals surface area contributed by atoms with Gasteiger partial charge in [-0.1, -0.05) is 0 Å². The van der Waals surface area contributed by atoms with Crippen LogP contribution in [0.25, 0.3) is 11.1 Å². The zero-order valence-electron chi connectivity index (χ0n) is 14.6. The molecule has 0 saturated carbocycles. The molecule has 0 radical (unpaired) electrons. The van der Waals surface area contributed by atoms with Gasteiger partial charge in [-0.15, -0.1) is 0 Å². The molecule has 28 heavy (non-hydrogen) atoms. The lowest BCUT2D eigenvalue weighted by Crippen LogP contribution is -2.02. The SMILES string of the molecule is C/C(=N/Nc1ncc(-c2ccc([N+](=O)[O-])cc2)cn1)c1ccc([N+](=O)[O-])cc1. The van der Waals surface area contributed by atoms with Gasteiger partial charge in [-0.2, -0.15) is 5.10 Å². The summed E-state index contributed by atoms with van der Waals surface area (Å²) in [5, 5.41) is 25.6. The summed E-state index contributed by atoms with van der Waals surface area (Å²) in [6, 6.07) is 12.1. The Labute approximate surface area is 158 Å². The summed E-state index contributed by atoms with van der Waals surface area (Å²) in [5.74, 6) is 0.270. The van der Waals surface area contributed by atoms with E-state index < -0.39 is 9.85 Å². The standard InChI is InChI=1S/C18H14N6O4/c1-12(13-2-6-16(7-3-13)23(25)26)21-22-18-19-10-15(11-20-18)14-4-8-17(9-5-14)24(27)28/h2-11H,1H3,(H,19,20,22)/b21-12-. The summed E-state index contributed by atoms with van der Waals surface area (Å²) in [6.45, 7) is 1.75. The molecule has 1 heterocycles. The third kappa shape index (κ3) is 4.30. The molecule has 1 N–H and O–H groups in total. The van der Waals surface area contributed by atoms with Crippen LogP contribution in [-0.4, -0.2) is 25.5 Å². The Balaban J connectivity index is 1.68. The summed E-state index contributed by atoms with van der Waals surface area (Å²) >= 11 is 0. The second kappa shape index (κ2) is 7.99. The molecule has 0 aliphatic rings. The van der Waals surface area contributed by atoms with Crippen LogP contribution < -0.4 is 5.43 Å². The van der Waals surface area contributed by atoms with Gasteiger partial charge in [-0.05, 0) is 42.3 Å². The van der Waals surface area contributed by atoms with Gasteiger partial charge < -0.3 is 0 Å². The highest BCUT2D eigenvalue weighted by atomic mass is 16.6. The van der Waals surface area contributed by atoms with Crippen molar-refractivity contribution in [2.75, 3.05) is 5.43 Å². The largest absolute Gasteiger partial charge is 0.269 e. The number of aromatic nitrogens is 2. The molecule has 0 aliphatic heterocycles. The van der Waals surface area contributed by atoms with Crippen LogP contribution in [-0.2, 0) is 0 Å². The Morgan fingerprint density at radius 2 is 1.36 bits per heavy atom. The van der Waals surface area contributed by atoms with Gasteiger partial charge in [0.15, 0.2) is 0 Å². The molecule has 140 valence electrons. The smallest absolute Gasteiger partial charge is 0.258 e. The second-order valence-corrected chi connectivity index (χ2v) is 5.71. The number of hydrogen-bond donors (Lipinski definition) is 1. The molecule has 1 aromatic heterocycles. The Kier molecular flexibility index (Phi) is 5.30. The van der Waals surface area contributed by atoms with Crippen LogP contribution in [0.3, 0.4) is 0 Å². The van der Waals surface area contributed by atoms with Gasteiger partial charge in [0.1, 0.15) is 0 Å². The monoisotopic (exact) mass is 378 g/mol. The van der Waals surface area contributed by atoms with Gasteiger partial charge >= 0.3 is 0 Å². The van der Waals surface area contributed by atoms with E-state index in [2.05, 4.69) is 20.5 Å². The van der Waals surface area contributed by atoms with Crippen LogP contribution >= 0.6 is 0 Å². The number of hydrazone groups is 1. The van der Waals surface area contributed by atoms with Gasteiger partial charge in [0, 0.05) is 42.2 Å². The van der Waals surface area contributed by atoms with Crippen molar-refractivity contribution in [3.05, 3.63) is 86.7 Å². The summed E-state index contributed by atoms with van der Waals surface area (Å²) < 4.78 is 0. The summed E-state index contributed by atoms with van der Waals surface area (Å²) in [5.41, 5.74) is 5.54. The van der Waals surface area contributed by atoms with Crippen LogP contribution in [0.2, 0.25) is 0 Å². The number of non-ortho nitro benzene ring substituents is 2. The second-order valence-electron chi connectivity index (χ2n) is 5.71. The van der Waals surface area contributed by atoms with E-state index in [1.165, 1.54) is 24.3 Å². The summed E-state index contributed by atoms with van der Waals surface area (Å²) in [4.78, 5) is 28.8. The normalized spacial score (nSPS) is 11.1. The first-order chi connectivity index (χ1) is 13.4. The molecule has 0 aliphatic carbocycles. The lowest BCUT2D eigenvalue weighted by molar-refractivity contribution is -0.385. The van der Waals surface area contributed by atoms with Crippen molar-refractivity contribution >= 4 is 23.0 Å². The number of anilines is 1. The maximum Gasteiger partial charge on any atom is 0.269 e. The maximum atomic E-state index is 10.7. The Morgan fingerprint density at radius 3 is 1.86 bits per heavy atom. The average molecular weight is 378 g/mol. The van der Waals surface area contributed by atoms with E-state index in [-0.39, 0.29) is 17.3 Å². The molecule has 10 nitrogen and oxygen atoms in total. The zero-order chi connectivity index (χ0) is 20.1. The predicted octanol–water partition coefficient (Wildman–Crippen LogP) is 3.80. The van der Waals surface area contributed by atoms with Crippen molar-refractivity contribution in [1.82, 2.24) is 9.97 Å². The van der Waals surface area contributed by atoms with Crippen molar-refractivity contribution in [3.8, 4) is 11.1 Å². The molecule has 0 unspecified atom stereocenters. The van der Waals surface area contributed by atoms with E-state index in [0.717, 1.165) is 11.1 Å². The van der Waals surface area contributed by atoms with Crippen molar-refractivity contribution in [2.24, 2.45) is 5.10 Å². The van der Waals surface area contributed by atoms with Crippen molar-refractivity contribution in [1.29, 1.82) is 0 Å². The number of rotatable bonds is 6. The van der Waals surface area contributed by atoms with Crippen LogP contribution in [0.15, 0.2) is 66.0 Å². The first-order valence-electron chi connectivity index (χ1n) is 8.06. The molecule has 3 rings (SSSR count). The van der Waals surface area contributed by atoms with E-state index in [0.29, 0.717) is 11.3 Å². The minimum Gasteiger partial charge on any atom is -0.258 e. The molecular weight excluding hydrogens is 364 g/mol. The number of nitrogens with one attached hydrogen (secondary N) is 1. The minimum absolute atomic E-state index is 0.00896. The third-order valence-electron chi connectivity index (χ3n) is 3.88. The predicted molar refractivity (Wildman–Crippen MR) is 103 cm³/mol. The number of hydrogen-bond acceptors (Lipinski definition) is 8. The van der Waals surface area contributed by atoms with Crippen LogP contribution in [0.1, 0.15) is 12.5 Å². The number of nitrogens with zero attached hydrogens (tertiary/aromatic N) is 5. The highest BCUT2D eigenvalue weighted by Crippen LogP contribution is 2.21. The minimum atomic E-state index is -0.463. The lowest BCUT2D eigenvalue weighted by Gasteiger charge is -2.04. The fourth-order valence-corrected chi connectivity index (χ4v) is 2.33. The molecule has 0 spiro atoms. The van der Waals surface area contributed by atoms with Crippen LogP contribution in [0.4, 0.5) is 17.3 Å². The first-order valence-corrected chi connectivity index (χ1v) is 8.06. The van der Waals surface area contributed by atoms with E-state index >= 15 is 0 Å².